The van der Waals surface area contributed by atoms with Crippen LogP contribution in [0.2, 0.25) is 0 Å². The van der Waals surface area contributed by atoms with Gasteiger partial charge in [0, 0.05) is 16.6 Å². The summed E-state index contributed by atoms with van der Waals surface area (Å²) < 4.78 is 1.74. The van der Waals surface area contributed by atoms with Crippen molar-refractivity contribution >= 4 is 22.8 Å². The lowest BCUT2D eigenvalue weighted by molar-refractivity contribution is -0.139. The number of benzene rings is 2. The van der Waals surface area contributed by atoms with Gasteiger partial charge in [0.2, 0.25) is 0 Å². The van der Waals surface area contributed by atoms with Crippen LogP contribution < -0.4 is 0 Å². The Balaban J connectivity index is 2.04. The lowest BCUT2D eigenvalue weighted by Gasteiger charge is -2.26. The topological polar surface area (TPSA) is 59.3 Å². The van der Waals surface area contributed by atoms with E-state index in [0.717, 1.165) is 28.6 Å². The number of hydrogen-bond donors (Lipinski definition) is 1. The maximum atomic E-state index is 13.2. The van der Waals surface area contributed by atoms with Crippen LogP contribution >= 0.6 is 0 Å². The highest BCUT2D eigenvalue weighted by molar-refractivity contribution is 6.05. The second-order valence-electron chi connectivity index (χ2n) is 6.69. The van der Waals surface area contributed by atoms with Crippen molar-refractivity contribution in [1.82, 2.24) is 4.57 Å². The van der Waals surface area contributed by atoms with Crippen molar-refractivity contribution in [1.29, 1.82) is 0 Å². The van der Waals surface area contributed by atoms with E-state index in [1.165, 1.54) is 0 Å². The molecule has 2 unspecified atom stereocenters. The van der Waals surface area contributed by atoms with E-state index in [9.17, 15) is 14.7 Å². The number of aromatic nitrogens is 1. The molecule has 0 radical (unpaired) electrons. The Kier molecular flexibility index (Phi) is 3.68. The Morgan fingerprint density at radius 2 is 1.68 bits per heavy atom. The highest BCUT2D eigenvalue weighted by atomic mass is 16.4. The van der Waals surface area contributed by atoms with Crippen LogP contribution in [0.15, 0.2) is 54.6 Å². The SMILES string of the molecule is CC1CCC(C(=O)O)c2c1n(C(=O)c1ccccc1)c1ccccc21. The average Bonchev–Trinajstić information content (AvgIpc) is 2.98. The second kappa shape index (κ2) is 5.88. The number of nitrogens with zero attached hydrogens (tertiary/aromatic N) is 1. The van der Waals surface area contributed by atoms with Crippen molar-refractivity contribution in [2.24, 2.45) is 0 Å². The first-order valence-corrected chi connectivity index (χ1v) is 8.55. The van der Waals surface area contributed by atoms with E-state index in [1.807, 2.05) is 42.5 Å². The van der Waals surface area contributed by atoms with Crippen LogP contribution in [0.3, 0.4) is 0 Å². The van der Waals surface area contributed by atoms with Crippen LogP contribution in [-0.4, -0.2) is 21.6 Å². The van der Waals surface area contributed by atoms with E-state index in [2.05, 4.69) is 6.92 Å². The van der Waals surface area contributed by atoms with Gasteiger partial charge in [-0.3, -0.25) is 14.2 Å². The van der Waals surface area contributed by atoms with Crippen LogP contribution in [0.4, 0.5) is 0 Å². The minimum absolute atomic E-state index is 0.101. The maximum absolute atomic E-state index is 13.2. The molecular weight excluding hydrogens is 314 g/mol. The number of para-hydroxylation sites is 1. The quantitative estimate of drug-likeness (QED) is 0.756. The third kappa shape index (κ3) is 2.37. The molecule has 2 atom stereocenters. The Hall–Kier alpha value is -2.88. The summed E-state index contributed by atoms with van der Waals surface area (Å²) in [6.45, 7) is 2.07. The van der Waals surface area contributed by atoms with Gasteiger partial charge < -0.3 is 5.11 Å². The van der Waals surface area contributed by atoms with Gasteiger partial charge in [0.1, 0.15) is 0 Å². The Morgan fingerprint density at radius 3 is 2.40 bits per heavy atom. The van der Waals surface area contributed by atoms with Gasteiger partial charge in [0.15, 0.2) is 0 Å². The molecular formula is C21H19NO3. The lowest BCUT2D eigenvalue weighted by atomic mass is 9.80. The van der Waals surface area contributed by atoms with E-state index in [0.29, 0.717) is 12.0 Å². The van der Waals surface area contributed by atoms with E-state index in [-0.39, 0.29) is 11.8 Å². The first-order valence-electron chi connectivity index (χ1n) is 8.55. The molecule has 126 valence electrons. The number of aliphatic carboxylic acids is 1. The fourth-order valence-electron chi connectivity index (χ4n) is 4.01. The van der Waals surface area contributed by atoms with Gasteiger partial charge in [0.05, 0.1) is 11.4 Å². The molecule has 0 spiro atoms. The summed E-state index contributed by atoms with van der Waals surface area (Å²) in [5.74, 6) is -1.33. The standard InChI is InChI=1S/C21H19NO3/c1-13-11-12-16(21(24)25)18-15-9-5-6-10-17(15)22(19(13)18)20(23)14-7-3-2-4-8-14/h2-10,13,16H,11-12H2,1H3,(H,24,25). The summed E-state index contributed by atoms with van der Waals surface area (Å²) in [5.41, 5.74) is 3.07. The fraction of sp³-hybridized carbons (Fsp3) is 0.238. The zero-order valence-corrected chi connectivity index (χ0v) is 14.0. The summed E-state index contributed by atoms with van der Waals surface area (Å²) >= 11 is 0. The molecule has 1 heterocycles. The normalized spacial score (nSPS) is 19.6. The van der Waals surface area contributed by atoms with Crippen molar-refractivity contribution in [2.75, 3.05) is 0 Å². The Bertz CT molecular complexity index is 971. The van der Waals surface area contributed by atoms with Crippen LogP contribution in [-0.2, 0) is 4.79 Å². The lowest BCUT2D eigenvalue weighted by Crippen LogP contribution is -2.23. The number of fused-ring (bicyclic) bond motifs is 3. The summed E-state index contributed by atoms with van der Waals surface area (Å²) in [5, 5.41) is 10.6. The van der Waals surface area contributed by atoms with E-state index in [1.54, 1.807) is 16.7 Å². The zero-order chi connectivity index (χ0) is 17.6. The van der Waals surface area contributed by atoms with Gasteiger partial charge in [-0.15, -0.1) is 0 Å². The smallest absolute Gasteiger partial charge is 0.311 e. The van der Waals surface area contributed by atoms with E-state index in [4.69, 9.17) is 0 Å². The fourth-order valence-corrected chi connectivity index (χ4v) is 4.01. The van der Waals surface area contributed by atoms with Gasteiger partial charge in [-0.2, -0.15) is 0 Å². The first-order chi connectivity index (χ1) is 12.1. The number of carboxylic acids is 1. The van der Waals surface area contributed by atoms with Crippen LogP contribution in [0.25, 0.3) is 10.9 Å². The number of carboxylic acid groups (broad SMARTS) is 1. The Labute approximate surface area is 145 Å². The molecule has 0 bridgehead atoms. The molecule has 1 aliphatic rings. The molecule has 1 N–H and O–H groups in total. The Morgan fingerprint density at radius 1 is 1.00 bits per heavy atom. The second-order valence-corrected chi connectivity index (χ2v) is 6.69. The van der Waals surface area contributed by atoms with Crippen LogP contribution in [0.1, 0.15) is 53.2 Å². The van der Waals surface area contributed by atoms with E-state index < -0.39 is 11.9 Å². The summed E-state index contributed by atoms with van der Waals surface area (Å²) in [6, 6.07) is 16.8. The molecule has 4 rings (SSSR count). The molecule has 0 saturated carbocycles. The van der Waals surface area contributed by atoms with Gasteiger partial charge >= 0.3 is 5.97 Å². The third-order valence-electron chi connectivity index (χ3n) is 5.18. The van der Waals surface area contributed by atoms with Gasteiger partial charge in [-0.05, 0) is 42.5 Å². The number of carbonyl (C=O) groups excluding carboxylic acids is 1. The van der Waals surface area contributed by atoms with Crippen molar-refractivity contribution in [3.8, 4) is 0 Å². The monoisotopic (exact) mass is 333 g/mol. The third-order valence-corrected chi connectivity index (χ3v) is 5.18. The molecule has 1 aromatic heterocycles. The zero-order valence-electron chi connectivity index (χ0n) is 14.0. The van der Waals surface area contributed by atoms with Gasteiger partial charge in [-0.25, -0.2) is 0 Å². The molecule has 0 fully saturated rings. The molecule has 0 amide bonds. The van der Waals surface area contributed by atoms with Gasteiger partial charge in [-0.1, -0.05) is 43.3 Å². The molecule has 4 heteroatoms. The van der Waals surface area contributed by atoms with Crippen molar-refractivity contribution in [3.05, 3.63) is 71.4 Å². The number of rotatable bonds is 2. The molecule has 3 aromatic rings. The molecule has 25 heavy (non-hydrogen) atoms. The predicted molar refractivity (Wildman–Crippen MR) is 96.1 cm³/mol. The van der Waals surface area contributed by atoms with Crippen molar-refractivity contribution in [3.63, 3.8) is 0 Å². The summed E-state index contributed by atoms with van der Waals surface area (Å²) in [7, 11) is 0. The number of hydrogen-bond acceptors (Lipinski definition) is 2. The average molecular weight is 333 g/mol. The molecule has 0 aliphatic heterocycles. The van der Waals surface area contributed by atoms with Gasteiger partial charge in [0.25, 0.3) is 5.91 Å². The number of carbonyl (C=O) groups is 2. The minimum atomic E-state index is -0.816. The summed E-state index contributed by atoms with van der Waals surface area (Å²) in [6.07, 6.45) is 1.37. The maximum Gasteiger partial charge on any atom is 0.311 e. The van der Waals surface area contributed by atoms with Crippen LogP contribution in [0, 0.1) is 0 Å². The highest BCUT2D eigenvalue weighted by Gasteiger charge is 2.36. The molecule has 1 aliphatic carbocycles. The van der Waals surface area contributed by atoms with Crippen molar-refractivity contribution < 1.29 is 14.7 Å². The first kappa shape index (κ1) is 15.6. The molecule has 2 aromatic carbocycles. The largest absolute Gasteiger partial charge is 0.481 e. The van der Waals surface area contributed by atoms with E-state index >= 15 is 0 Å². The summed E-state index contributed by atoms with van der Waals surface area (Å²) in [4.78, 5) is 25.1. The highest BCUT2D eigenvalue weighted by Crippen LogP contribution is 2.44. The van der Waals surface area contributed by atoms with Crippen molar-refractivity contribution in [2.45, 2.75) is 31.6 Å². The predicted octanol–water partition coefficient (Wildman–Crippen LogP) is 4.40. The van der Waals surface area contributed by atoms with Crippen LogP contribution in [0.5, 0.6) is 0 Å². The molecule has 0 saturated heterocycles. The molecule has 4 nitrogen and oxygen atoms in total. The minimum Gasteiger partial charge on any atom is -0.481 e.